The van der Waals surface area contributed by atoms with Gasteiger partial charge in [0.15, 0.2) is 5.65 Å². The summed E-state index contributed by atoms with van der Waals surface area (Å²) in [6, 6.07) is 2.55. The van der Waals surface area contributed by atoms with Gasteiger partial charge in [-0.25, -0.2) is 22.2 Å². The fourth-order valence-corrected chi connectivity index (χ4v) is 3.87. The summed E-state index contributed by atoms with van der Waals surface area (Å²) in [5, 5.41) is 4.09. The number of halogens is 3. The molecule has 1 unspecified atom stereocenters. The molecule has 25 heavy (non-hydrogen) atoms. The van der Waals surface area contributed by atoms with Crippen LogP contribution >= 0.6 is 0 Å². The zero-order valence-electron chi connectivity index (χ0n) is 14.1. The van der Waals surface area contributed by atoms with Crippen molar-refractivity contribution in [3.63, 3.8) is 0 Å². The molecule has 1 fully saturated rings. The molecule has 1 atom stereocenters. The van der Waals surface area contributed by atoms with Gasteiger partial charge in [-0.15, -0.1) is 0 Å². The van der Waals surface area contributed by atoms with Crippen LogP contribution in [0.3, 0.4) is 0 Å². The van der Waals surface area contributed by atoms with E-state index in [1.165, 1.54) is 10.4 Å². The summed E-state index contributed by atoms with van der Waals surface area (Å²) in [4.78, 5) is 4.28. The van der Waals surface area contributed by atoms with Crippen molar-refractivity contribution in [1.29, 1.82) is 0 Å². The van der Waals surface area contributed by atoms with E-state index in [-0.39, 0.29) is 24.0 Å². The van der Waals surface area contributed by atoms with E-state index in [0.29, 0.717) is 24.4 Å². The molecule has 1 saturated heterocycles. The third-order valence-corrected chi connectivity index (χ3v) is 5.66. The molecule has 0 aliphatic carbocycles. The van der Waals surface area contributed by atoms with Gasteiger partial charge in [-0.3, -0.25) is 0 Å². The molecule has 0 saturated carbocycles. The number of rotatable bonds is 3. The van der Waals surface area contributed by atoms with Gasteiger partial charge < -0.3 is 0 Å². The molecular weight excluding hydrogens is 357 g/mol. The van der Waals surface area contributed by atoms with Crippen molar-refractivity contribution in [3.05, 3.63) is 29.2 Å². The highest BCUT2D eigenvalue weighted by Gasteiger charge is 2.37. The third-order valence-electron chi connectivity index (χ3n) is 4.39. The van der Waals surface area contributed by atoms with Crippen LogP contribution in [0.25, 0.3) is 5.65 Å². The van der Waals surface area contributed by atoms with Gasteiger partial charge in [0, 0.05) is 30.8 Å². The maximum Gasteiger partial charge on any atom is 0.433 e. The highest BCUT2D eigenvalue weighted by atomic mass is 32.2. The average molecular weight is 376 g/mol. The lowest BCUT2D eigenvalue weighted by Gasteiger charge is -2.12. The Morgan fingerprint density at radius 1 is 1.28 bits per heavy atom. The summed E-state index contributed by atoms with van der Waals surface area (Å²) in [7, 11) is -3.32. The predicted octanol–water partition coefficient (Wildman–Crippen LogP) is 2.62. The van der Waals surface area contributed by atoms with E-state index in [0.717, 1.165) is 16.8 Å². The minimum Gasteiger partial charge on any atom is -0.233 e. The first-order chi connectivity index (χ1) is 11.5. The topological polar surface area (TPSA) is 67.6 Å². The molecule has 0 spiro atoms. The van der Waals surface area contributed by atoms with Crippen LogP contribution in [0.4, 0.5) is 13.2 Å². The lowest BCUT2D eigenvalue weighted by atomic mass is 10.1. The summed E-state index contributed by atoms with van der Waals surface area (Å²) in [5.41, 5.74) is 0.0391. The van der Waals surface area contributed by atoms with Crippen molar-refractivity contribution in [2.24, 2.45) is 0 Å². The Morgan fingerprint density at radius 3 is 2.48 bits per heavy atom. The van der Waals surface area contributed by atoms with Crippen LogP contribution in [0.2, 0.25) is 0 Å². The number of sulfonamides is 1. The summed E-state index contributed by atoms with van der Waals surface area (Å²) >= 11 is 0. The molecule has 0 N–H and O–H groups in total. The van der Waals surface area contributed by atoms with Crippen LogP contribution in [-0.2, 0) is 16.2 Å². The number of hydrogen-bond acceptors (Lipinski definition) is 4. The van der Waals surface area contributed by atoms with Crippen LogP contribution in [0.15, 0.2) is 12.1 Å². The van der Waals surface area contributed by atoms with E-state index >= 15 is 0 Å². The van der Waals surface area contributed by atoms with E-state index < -0.39 is 21.9 Å². The number of alkyl halides is 3. The normalized spacial score (nSPS) is 20.0. The van der Waals surface area contributed by atoms with Crippen LogP contribution in [-0.4, -0.2) is 46.7 Å². The molecule has 1 aliphatic heterocycles. The highest BCUT2D eigenvalue weighted by Crippen LogP contribution is 2.33. The maximum absolute atomic E-state index is 13.4. The lowest BCUT2D eigenvalue weighted by Crippen LogP contribution is -2.27. The average Bonchev–Trinajstić information content (AvgIpc) is 3.10. The molecule has 138 valence electrons. The molecule has 2 aromatic heterocycles. The minimum atomic E-state index is -4.55. The molecule has 0 bridgehead atoms. The first-order valence-corrected chi connectivity index (χ1v) is 9.74. The highest BCUT2D eigenvalue weighted by molar-refractivity contribution is 7.88. The molecule has 1 aliphatic rings. The van der Waals surface area contributed by atoms with Gasteiger partial charge in [0.05, 0.1) is 11.9 Å². The quantitative estimate of drug-likeness (QED) is 0.826. The van der Waals surface area contributed by atoms with Crippen LogP contribution < -0.4 is 0 Å². The Balaban J connectivity index is 2.05. The second-order valence-corrected chi connectivity index (χ2v) is 8.65. The van der Waals surface area contributed by atoms with E-state index in [4.69, 9.17) is 0 Å². The third kappa shape index (κ3) is 3.50. The van der Waals surface area contributed by atoms with E-state index in [1.54, 1.807) is 13.8 Å². The van der Waals surface area contributed by atoms with E-state index in [1.807, 2.05) is 0 Å². The zero-order valence-corrected chi connectivity index (χ0v) is 14.9. The smallest absolute Gasteiger partial charge is 0.233 e. The minimum absolute atomic E-state index is 0.131. The van der Waals surface area contributed by atoms with Gasteiger partial charge in [-0.05, 0) is 18.4 Å². The summed E-state index contributed by atoms with van der Waals surface area (Å²) in [6.45, 7) is 4.11. The standard InChI is InChI=1S/C15H19F3N4O2S/c1-9(2)11-6-13(15(16,17)18)22-14(19-11)7-12(20-22)10-4-5-21(8-10)25(3,23)24/h6-7,9-10H,4-5,8H2,1-3H3. The second-order valence-electron chi connectivity index (χ2n) is 6.66. The van der Waals surface area contributed by atoms with Gasteiger partial charge in [-0.2, -0.15) is 18.3 Å². The molecule has 0 amide bonds. The van der Waals surface area contributed by atoms with Crippen molar-refractivity contribution in [2.75, 3.05) is 19.3 Å². The van der Waals surface area contributed by atoms with Gasteiger partial charge >= 0.3 is 6.18 Å². The number of hydrogen-bond donors (Lipinski definition) is 0. The predicted molar refractivity (Wildman–Crippen MR) is 85.9 cm³/mol. The van der Waals surface area contributed by atoms with Gasteiger partial charge in [-0.1, -0.05) is 13.8 Å². The fraction of sp³-hybridized carbons (Fsp3) is 0.600. The lowest BCUT2D eigenvalue weighted by molar-refractivity contribution is -0.142. The van der Waals surface area contributed by atoms with Crippen molar-refractivity contribution in [3.8, 4) is 0 Å². The monoisotopic (exact) mass is 376 g/mol. The van der Waals surface area contributed by atoms with Crippen molar-refractivity contribution >= 4 is 15.7 Å². The van der Waals surface area contributed by atoms with E-state index in [9.17, 15) is 21.6 Å². The first-order valence-electron chi connectivity index (χ1n) is 7.89. The first kappa shape index (κ1) is 18.1. The Labute approximate surface area is 143 Å². The molecule has 10 heteroatoms. The van der Waals surface area contributed by atoms with Gasteiger partial charge in [0.2, 0.25) is 10.0 Å². The SMILES string of the molecule is CC(C)c1cc(C(F)(F)F)n2nc(C3CCN(S(C)(=O)=O)C3)cc2n1. The van der Waals surface area contributed by atoms with Crippen molar-refractivity contribution in [1.82, 2.24) is 18.9 Å². The van der Waals surface area contributed by atoms with Crippen molar-refractivity contribution < 1.29 is 21.6 Å². The molecular formula is C15H19F3N4O2S. The molecule has 0 aromatic carbocycles. The van der Waals surface area contributed by atoms with Crippen LogP contribution in [0.5, 0.6) is 0 Å². The summed E-state index contributed by atoms with van der Waals surface area (Å²) in [6.07, 6.45) is -2.91. The largest absolute Gasteiger partial charge is 0.433 e. The Bertz CT molecular complexity index is 905. The van der Waals surface area contributed by atoms with Crippen LogP contribution in [0, 0.1) is 0 Å². The summed E-state index contributed by atoms with van der Waals surface area (Å²) in [5.74, 6) is -0.392. The summed E-state index contributed by atoms with van der Waals surface area (Å²) < 4.78 is 65.6. The van der Waals surface area contributed by atoms with Gasteiger partial charge in [0.25, 0.3) is 0 Å². The molecule has 2 aromatic rings. The van der Waals surface area contributed by atoms with Crippen LogP contribution in [0.1, 0.15) is 49.2 Å². The van der Waals surface area contributed by atoms with E-state index in [2.05, 4.69) is 10.1 Å². The molecule has 6 nitrogen and oxygen atoms in total. The maximum atomic E-state index is 13.4. The number of fused-ring (bicyclic) bond motifs is 1. The zero-order chi connectivity index (χ0) is 18.6. The Morgan fingerprint density at radius 2 is 1.96 bits per heavy atom. The van der Waals surface area contributed by atoms with Crippen molar-refractivity contribution in [2.45, 2.75) is 38.3 Å². The fourth-order valence-electron chi connectivity index (χ4n) is 2.98. The molecule has 3 rings (SSSR count). The molecule has 0 radical (unpaired) electrons. The Hall–Kier alpha value is -1.68. The number of nitrogens with zero attached hydrogens (tertiary/aromatic N) is 4. The molecule has 3 heterocycles. The second kappa shape index (κ2) is 5.94. The Kier molecular flexibility index (Phi) is 4.31. The number of aromatic nitrogens is 3. The van der Waals surface area contributed by atoms with Gasteiger partial charge in [0.1, 0.15) is 5.69 Å².